The van der Waals surface area contributed by atoms with Gasteiger partial charge in [-0.3, -0.25) is 4.79 Å². The summed E-state index contributed by atoms with van der Waals surface area (Å²) < 4.78 is 5.23. The number of hydrazine groups is 1. The molecule has 3 rings (SSSR count). The standard InChI is InChI=1S/C26H29N3O2/c1-2-31-26(30)18-25(22-10-4-3-5-11-22)23-12-6-8-20(16-23)14-15-21-9-7-13-24(17-21)28-19-29-27/h3-13,16-17,19,25H,2,14-15,18,27H2,1H3,(H,28,29). The van der Waals surface area contributed by atoms with Gasteiger partial charge in [0.15, 0.2) is 0 Å². The van der Waals surface area contributed by atoms with Crippen LogP contribution in [0.3, 0.4) is 0 Å². The Bertz CT molecular complexity index is 1000. The maximum absolute atomic E-state index is 12.3. The topological polar surface area (TPSA) is 76.7 Å². The molecule has 0 heterocycles. The van der Waals surface area contributed by atoms with Gasteiger partial charge in [-0.15, -0.1) is 0 Å². The highest BCUT2D eigenvalue weighted by Gasteiger charge is 2.19. The van der Waals surface area contributed by atoms with Crippen molar-refractivity contribution in [2.24, 2.45) is 10.8 Å². The summed E-state index contributed by atoms with van der Waals surface area (Å²) in [6.45, 7) is 2.23. The molecule has 3 aromatic carbocycles. The third kappa shape index (κ3) is 6.79. The number of ether oxygens (including phenoxy) is 1. The van der Waals surface area contributed by atoms with E-state index in [1.54, 1.807) is 0 Å². The molecule has 5 heteroatoms. The van der Waals surface area contributed by atoms with Crippen molar-refractivity contribution in [3.05, 3.63) is 101 Å². The van der Waals surface area contributed by atoms with E-state index in [1.165, 1.54) is 17.5 Å². The fourth-order valence-electron chi connectivity index (χ4n) is 3.66. The lowest BCUT2D eigenvalue weighted by Crippen LogP contribution is -2.18. The van der Waals surface area contributed by atoms with Crippen LogP contribution in [0.5, 0.6) is 0 Å². The third-order valence-corrected chi connectivity index (χ3v) is 5.13. The molecule has 0 fully saturated rings. The van der Waals surface area contributed by atoms with Crippen molar-refractivity contribution in [2.75, 3.05) is 6.61 Å². The van der Waals surface area contributed by atoms with Crippen LogP contribution in [0.25, 0.3) is 0 Å². The summed E-state index contributed by atoms with van der Waals surface area (Å²) >= 11 is 0. The van der Waals surface area contributed by atoms with Crippen LogP contribution in [-0.2, 0) is 22.4 Å². The van der Waals surface area contributed by atoms with Gasteiger partial charge in [0.1, 0.15) is 6.34 Å². The molecule has 0 radical (unpaired) electrons. The summed E-state index contributed by atoms with van der Waals surface area (Å²) in [6, 6.07) is 26.7. The van der Waals surface area contributed by atoms with Crippen molar-refractivity contribution in [3.63, 3.8) is 0 Å². The Kier molecular flexibility index (Phi) is 8.38. The minimum Gasteiger partial charge on any atom is -0.466 e. The smallest absolute Gasteiger partial charge is 0.306 e. The molecular formula is C26H29N3O2. The number of benzene rings is 3. The van der Waals surface area contributed by atoms with Gasteiger partial charge in [-0.2, -0.15) is 0 Å². The van der Waals surface area contributed by atoms with Gasteiger partial charge in [0, 0.05) is 5.92 Å². The first-order valence-electron chi connectivity index (χ1n) is 10.6. The Morgan fingerprint density at radius 1 is 0.968 bits per heavy atom. The number of hydrogen-bond acceptors (Lipinski definition) is 4. The summed E-state index contributed by atoms with van der Waals surface area (Å²) in [7, 11) is 0. The minimum absolute atomic E-state index is 0.0263. The maximum atomic E-state index is 12.3. The number of aryl methyl sites for hydroxylation is 2. The molecule has 3 N–H and O–H groups in total. The van der Waals surface area contributed by atoms with E-state index in [0.717, 1.165) is 29.7 Å². The van der Waals surface area contributed by atoms with E-state index in [2.05, 4.69) is 58.9 Å². The van der Waals surface area contributed by atoms with E-state index in [-0.39, 0.29) is 11.9 Å². The van der Waals surface area contributed by atoms with Crippen LogP contribution in [0.4, 0.5) is 5.69 Å². The molecule has 0 aliphatic carbocycles. The number of aliphatic imine (C=N–C) groups is 1. The van der Waals surface area contributed by atoms with Gasteiger partial charge in [0.2, 0.25) is 0 Å². The van der Waals surface area contributed by atoms with Crippen LogP contribution < -0.4 is 11.3 Å². The largest absolute Gasteiger partial charge is 0.466 e. The number of hydrogen-bond donors (Lipinski definition) is 2. The lowest BCUT2D eigenvalue weighted by atomic mass is 9.87. The fraction of sp³-hybridized carbons (Fsp3) is 0.231. The minimum atomic E-state index is -0.175. The lowest BCUT2D eigenvalue weighted by molar-refractivity contribution is -0.143. The molecule has 5 nitrogen and oxygen atoms in total. The van der Waals surface area contributed by atoms with Gasteiger partial charge < -0.3 is 10.2 Å². The zero-order valence-corrected chi connectivity index (χ0v) is 17.8. The summed E-state index contributed by atoms with van der Waals surface area (Å²) in [5.74, 6) is 5.05. The van der Waals surface area contributed by atoms with E-state index in [0.29, 0.717) is 13.0 Å². The monoisotopic (exact) mass is 415 g/mol. The van der Waals surface area contributed by atoms with E-state index in [4.69, 9.17) is 10.6 Å². The molecular weight excluding hydrogens is 386 g/mol. The lowest BCUT2D eigenvalue weighted by Gasteiger charge is -2.18. The highest BCUT2D eigenvalue weighted by atomic mass is 16.5. The number of nitrogens with zero attached hydrogens (tertiary/aromatic N) is 1. The second kappa shape index (κ2) is 11.7. The van der Waals surface area contributed by atoms with Gasteiger partial charge >= 0.3 is 5.97 Å². The first-order valence-corrected chi connectivity index (χ1v) is 10.6. The Labute approximate surface area is 183 Å². The van der Waals surface area contributed by atoms with Gasteiger partial charge in [-0.25, -0.2) is 10.8 Å². The first-order chi connectivity index (χ1) is 15.2. The quantitative estimate of drug-likeness (QED) is 0.166. The summed E-state index contributed by atoms with van der Waals surface area (Å²) in [4.78, 5) is 16.5. The molecule has 160 valence electrons. The van der Waals surface area contributed by atoms with Gasteiger partial charge in [-0.1, -0.05) is 66.7 Å². The van der Waals surface area contributed by atoms with Crippen LogP contribution >= 0.6 is 0 Å². The Hall–Kier alpha value is -3.44. The van der Waals surface area contributed by atoms with Crippen LogP contribution in [-0.4, -0.2) is 18.9 Å². The molecule has 1 unspecified atom stereocenters. The van der Waals surface area contributed by atoms with Crippen molar-refractivity contribution < 1.29 is 9.53 Å². The Balaban J connectivity index is 1.77. The average Bonchev–Trinajstić information content (AvgIpc) is 2.81. The van der Waals surface area contributed by atoms with Crippen LogP contribution in [0.2, 0.25) is 0 Å². The van der Waals surface area contributed by atoms with Gasteiger partial charge in [-0.05, 0) is 54.2 Å². The molecule has 0 bridgehead atoms. The number of esters is 1. The zero-order chi connectivity index (χ0) is 21.9. The van der Waals surface area contributed by atoms with Crippen molar-refractivity contribution >= 4 is 18.0 Å². The summed E-state index contributed by atoms with van der Waals surface area (Å²) in [6.07, 6.45) is 3.60. The highest BCUT2D eigenvalue weighted by molar-refractivity contribution is 5.71. The molecule has 0 spiro atoms. The predicted octanol–water partition coefficient (Wildman–Crippen LogP) is 4.68. The molecule has 3 aromatic rings. The number of nitrogens with one attached hydrogen (secondary N) is 1. The number of carbonyl (C=O) groups is 1. The number of nitrogens with two attached hydrogens (primary N) is 1. The third-order valence-electron chi connectivity index (χ3n) is 5.13. The number of carbonyl (C=O) groups excluding carboxylic acids is 1. The Morgan fingerprint density at radius 2 is 1.65 bits per heavy atom. The van der Waals surface area contributed by atoms with E-state index in [1.807, 2.05) is 37.3 Å². The second-order valence-corrected chi connectivity index (χ2v) is 7.31. The predicted molar refractivity (Wildman–Crippen MR) is 125 cm³/mol. The van der Waals surface area contributed by atoms with Crippen molar-refractivity contribution in [1.82, 2.24) is 5.43 Å². The first kappa shape index (κ1) is 22.2. The highest BCUT2D eigenvalue weighted by Crippen LogP contribution is 2.29. The normalized spacial score (nSPS) is 11.9. The SMILES string of the molecule is CCOC(=O)CC(c1ccccc1)c1cccc(CCc2cccc(N=CNN)c2)c1. The summed E-state index contributed by atoms with van der Waals surface area (Å²) in [5.41, 5.74) is 7.98. The molecule has 0 aliphatic heterocycles. The van der Waals surface area contributed by atoms with Crippen LogP contribution in [0.15, 0.2) is 83.9 Å². The van der Waals surface area contributed by atoms with E-state index in [9.17, 15) is 4.79 Å². The molecule has 0 saturated carbocycles. The fourth-order valence-corrected chi connectivity index (χ4v) is 3.66. The molecule has 0 amide bonds. The zero-order valence-electron chi connectivity index (χ0n) is 17.8. The Morgan fingerprint density at radius 3 is 2.35 bits per heavy atom. The molecule has 31 heavy (non-hydrogen) atoms. The second-order valence-electron chi connectivity index (χ2n) is 7.31. The van der Waals surface area contributed by atoms with Crippen molar-refractivity contribution in [3.8, 4) is 0 Å². The molecule has 0 saturated heterocycles. The van der Waals surface area contributed by atoms with Gasteiger partial charge in [0.05, 0.1) is 18.7 Å². The number of rotatable bonds is 10. The van der Waals surface area contributed by atoms with Crippen molar-refractivity contribution in [2.45, 2.75) is 32.1 Å². The van der Waals surface area contributed by atoms with Crippen LogP contribution in [0.1, 0.15) is 41.5 Å². The maximum Gasteiger partial charge on any atom is 0.306 e. The molecule has 0 aromatic heterocycles. The molecule has 1 atom stereocenters. The van der Waals surface area contributed by atoms with E-state index < -0.39 is 0 Å². The van der Waals surface area contributed by atoms with Crippen molar-refractivity contribution in [1.29, 1.82) is 0 Å². The summed E-state index contributed by atoms with van der Waals surface area (Å²) in [5, 5.41) is 0. The molecule has 0 aliphatic rings. The van der Waals surface area contributed by atoms with Crippen LogP contribution in [0, 0.1) is 0 Å². The average molecular weight is 416 g/mol. The van der Waals surface area contributed by atoms with Gasteiger partial charge in [0.25, 0.3) is 0 Å². The van der Waals surface area contributed by atoms with E-state index >= 15 is 0 Å².